The van der Waals surface area contributed by atoms with Gasteiger partial charge >= 0.3 is 0 Å². The number of nitrogens with one attached hydrogen (secondary N) is 2. The second-order valence-electron chi connectivity index (χ2n) is 5.23. The molecule has 0 aliphatic heterocycles. The molecule has 0 heterocycles. The fourth-order valence-corrected chi connectivity index (χ4v) is 2.45. The van der Waals surface area contributed by atoms with Gasteiger partial charge in [0.05, 0.1) is 0 Å². The average Bonchev–Trinajstić information content (AvgIpc) is 3.15. The minimum atomic E-state index is -0.0894. The molecule has 1 aliphatic carbocycles. The number of carbonyl (C=O) groups is 2. The largest absolute Gasteiger partial charge is 0.356 e. The van der Waals surface area contributed by atoms with Crippen molar-refractivity contribution in [3.8, 4) is 0 Å². The Morgan fingerprint density at radius 3 is 2.65 bits per heavy atom. The normalized spacial score (nSPS) is 20.3. The summed E-state index contributed by atoms with van der Waals surface area (Å²) < 4.78 is 0.885. The Labute approximate surface area is 127 Å². The molecule has 5 heteroatoms. The van der Waals surface area contributed by atoms with E-state index in [0.717, 1.165) is 17.3 Å². The lowest BCUT2D eigenvalue weighted by Gasteiger charge is -2.07. The number of benzene rings is 1. The molecule has 1 saturated carbocycles. The van der Waals surface area contributed by atoms with Gasteiger partial charge in [-0.3, -0.25) is 9.59 Å². The van der Waals surface area contributed by atoms with Gasteiger partial charge in [-0.25, -0.2) is 0 Å². The van der Waals surface area contributed by atoms with Crippen molar-refractivity contribution in [1.29, 1.82) is 0 Å². The summed E-state index contributed by atoms with van der Waals surface area (Å²) in [6.07, 6.45) is 1.75. The van der Waals surface area contributed by atoms with Crippen LogP contribution in [0, 0.1) is 11.8 Å². The molecule has 0 bridgehead atoms. The molecular weight excluding hydrogens is 320 g/mol. The molecule has 1 aromatic rings. The van der Waals surface area contributed by atoms with E-state index in [0.29, 0.717) is 24.6 Å². The molecule has 0 radical (unpaired) electrons. The van der Waals surface area contributed by atoms with Crippen molar-refractivity contribution in [3.05, 3.63) is 34.3 Å². The number of amides is 2. The van der Waals surface area contributed by atoms with E-state index in [4.69, 9.17) is 0 Å². The second-order valence-corrected chi connectivity index (χ2v) is 6.15. The molecule has 0 unspecified atom stereocenters. The van der Waals surface area contributed by atoms with Gasteiger partial charge in [-0.15, -0.1) is 0 Å². The Balaban J connectivity index is 1.61. The van der Waals surface area contributed by atoms with Gasteiger partial charge in [0.15, 0.2) is 0 Å². The molecule has 0 spiro atoms. The highest BCUT2D eigenvalue weighted by molar-refractivity contribution is 9.10. The maximum Gasteiger partial charge on any atom is 0.251 e. The van der Waals surface area contributed by atoms with Gasteiger partial charge in [0, 0.05) is 29.0 Å². The summed E-state index contributed by atoms with van der Waals surface area (Å²) in [5.41, 5.74) is 0.634. The van der Waals surface area contributed by atoms with Gasteiger partial charge in [-0.2, -0.15) is 0 Å². The fraction of sp³-hybridized carbons (Fsp3) is 0.467. The monoisotopic (exact) mass is 338 g/mol. The van der Waals surface area contributed by atoms with E-state index in [1.165, 1.54) is 0 Å². The lowest BCUT2D eigenvalue weighted by atomic mass is 10.2. The van der Waals surface area contributed by atoms with Gasteiger partial charge in [0.1, 0.15) is 0 Å². The summed E-state index contributed by atoms with van der Waals surface area (Å²) in [6, 6.07) is 7.27. The van der Waals surface area contributed by atoms with Crippen molar-refractivity contribution in [3.63, 3.8) is 0 Å². The van der Waals surface area contributed by atoms with Crippen molar-refractivity contribution in [1.82, 2.24) is 10.6 Å². The van der Waals surface area contributed by atoms with Crippen LogP contribution in [-0.4, -0.2) is 24.9 Å². The molecule has 20 heavy (non-hydrogen) atoms. The Morgan fingerprint density at radius 1 is 1.30 bits per heavy atom. The fourth-order valence-electron chi connectivity index (χ4n) is 2.05. The van der Waals surface area contributed by atoms with Crippen LogP contribution in [0.3, 0.4) is 0 Å². The van der Waals surface area contributed by atoms with Crippen molar-refractivity contribution in [2.45, 2.75) is 19.8 Å². The van der Waals surface area contributed by atoms with Crippen molar-refractivity contribution in [2.75, 3.05) is 13.1 Å². The first-order valence-electron chi connectivity index (χ1n) is 6.89. The predicted octanol–water partition coefficient (Wildman–Crippen LogP) is 2.34. The maximum absolute atomic E-state index is 11.8. The van der Waals surface area contributed by atoms with E-state index < -0.39 is 0 Å². The lowest BCUT2D eigenvalue weighted by Crippen LogP contribution is -2.30. The van der Waals surface area contributed by atoms with E-state index in [9.17, 15) is 9.59 Å². The number of hydrogen-bond acceptors (Lipinski definition) is 2. The van der Waals surface area contributed by atoms with Gasteiger partial charge < -0.3 is 10.6 Å². The average molecular weight is 339 g/mol. The summed E-state index contributed by atoms with van der Waals surface area (Å²) in [6.45, 7) is 3.26. The number of halogens is 1. The Morgan fingerprint density at radius 2 is 2.00 bits per heavy atom. The summed E-state index contributed by atoms with van der Waals surface area (Å²) in [4.78, 5) is 23.4. The zero-order chi connectivity index (χ0) is 14.5. The van der Waals surface area contributed by atoms with Crippen LogP contribution in [0.5, 0.6) is 0 Å². The Bertz CT molecular complexity index is 504. The van der Waals surface area contributed by atoms with E-state index in [1.54, 1.807) is 12.1 Å². The van der Waals surface area contributed by atoms with Crippen LogP contribution < -0.4 is 10.6 Å². The van der Waals surface area contributed by atoms with Crippen molar-refractivity contribution in [2.24, 2.45) is 11.8 Å². The zero-order valence-electron chi connectivity index (χ0n) is 11.5. The van der Waals surface area contributed by atoms with E-state index in [2.05, 4.69) is 33.5 Å². The SMILES string of the molecule is C[C@H]1C[C@@H]1C(=O)NCCCNC(=O)c1cccc(Br)c1. The minimum absolute atomic E-state index is 0.0894. The van der Waals surface area contributed by atoms with Crippen LogP contribution in [0.25, 0.3) is 0 Å². The third kappa shape index (κ3) is 4.34. The molecule has 2 rings (SSSR count). The van der Waals surface area contributed by atoms with Crippen LogP contribution in [0.1, 0.15) is 30.1 Å². The van der Waals surface area contributed by atoms with Crippen LogP contribution >= 0.6 is 15.9 Å². The molecule has 2 atom stereocenters. The Kier molecular flexibility index (Phi) is 5.17. The topological polar surface area (TPSA) is 58.2 Å². The van der Waals surface area contributed by atoms with Crippen molar-refractivity contribution < 1.29 is 9.59 Å². The maximum atomic E-state index is 11.8. The molecule has 2 N–H and O–H groups in total. The standard InChI is InChI=1S/C15H19BrN2O2/c1-10-8-13(10)15(20)18-7-3-6-17-14(19)11-4-2-5-12(16)9-11/h2,4-5,9-10,13H,3,6-8H2,1H3,(H,17,19)(H,18,20)/t10-,13-/m0/s1. The van der Waals surface area contributed by atoms with E-state index in [1.807, 2.05) is 12.1 Å². The number of rotatable bonds is 6. The summed E-state index contributed by atoms with van der Waals surface area (Å²) in [7, 11) is 0. The van der Waals surface area contributed by atoms with Crippen LogP contribution in [0.2, 0.25) is 0 Å². The van der Waals surface area contributed by atoms with Gasteiger partial charge in [0.25, 0.3) is 5.91 Å². The molecule has 1 aliphatic rings. The molecule has 1 aromatic carbocycles. The first-order valence-corrected chi connectivity index (χ1v) is 7.68. The van der Waals surface area contributed by atoms with E-state index >= 15 is 0 Å². The van der Waals surface area contributed by atoms with Crippen LogP contribution in [-0.2, 0) is 4.79 Å². The molecule has 1 fully saturated rings. The highest BCUT2D eigenvalue weighted by Gasteiger charge is 2.38. The van der Waals surface area contributed by atoms with Gasteiger partial charge in [0.2, 0.25) is 5.91 Å². The first-order chi connectivity index (χ1) is 9.58. The first kappa shape index (κ1) is 15.0. The zero-order valence-corrected chi connectivity index (χ0v) is 13.1. The third-order valence-electron chi connectivity index (χ3n) is 3.47. The number of carbonyl (C=O) groups excluding carboxylic acids is 2. The van der Waals surface area contributed by atoms with Gasteiger partial charge in [-0.05, 0) is 37.0 Å². The van der Waals surface area contributed by atoms with Crippen LogP contribution in [0.4, 0.5) is 0 Å². The second kappa shape index (κ2) is 6.88. The van der Waals surface area contributed by atoms with Crippen molar-refractivity contribution >= 4 is 27.7 Å². The highest BCUT2D eigenvalue weighted by atomic mass is 79.9. The molecule has 0 aromatic heterocycles. The molecule has 108 valence electrons. The third-order valence-corrected chi connectivity index (χ3v) is 3.96. The number of hydrogen-bond donors (Lipinski definition) is 2. The minimum Gasteiger partial charge on any atom is -0.356 e. The lowest BCUT2D eigenvalue weighted by molar-refractivity contribution is -0.122. The van der Waals surface area contributed by atoms with E-state index in [-0.39, 0.29) is 17.7 Å². The predicted molar refractivity (Wildman–Crippen MR) is 81.4 cm³/mol. The highest BCUT2D eigenvalue weighted by Crippen LogP contribution is 2.37. The molecule has 0 saturated heterocycles. The van der Waals surface area contributed by atoms with Gasteiger partial charge in [-0.1, -0.05) is 28.9 Å². The Hall–Kier alpha value is -1.36. The summed E-state index contributed by atoms with van der Waals surface area (Å²) in [5, 5.41) is 5.74. The molecule has 2 amide bonds. The summed E-state index contributed by atoms with van der Waals surface area (Å²) in [5.74, 6) is 0.807. The molecule has 4 nitrogen and oxygen atoms in total. The smallest absolute Gasteiger partial charge is 0.251 e. The summed E-state index contributed by atoms with van der Waals surface area (Å²) >= 11 is 3.34. The van der Waals surface area contributed by atoms with Crippen LogP contribution in [0.15, 0.2) is 28.7 Å². The molecular formula is C15H19BrN2O2. The quantitative estimate of drug-likeness (QED) is 0.782.